The predicted octanol–water partition coefficient (Wildman–Crippen LogP) is 3.43. The number of esters is 1. The molecule has 0 aromatic heterocycles. The van der Waals surface area contributed by atoms with Crippen molar-refractivity contribution in [3.05, 3.63) is 41.5 Å². The minimum absolute atomic E-state index is 0.0343. The number of benzene rings is 1. The van der Waals surface area contributed by atoms with E-state index in [-0.39, 0.29) is 18.3 Å². The zero-order chi connectivity index (χ0) is 26.3. The predicted molar refractivity (Wildman–Crippen MR) is 135 cm³/mol. The zero-order valence-corrected chi connectivity index (χ0v) is 21.8. The first-order valence-electron chi connectivity index (χ1n) is 12.4. The molecule has 2 aliphatic heterocycles. The van der Waals surface area contributed by atoms with Gasteiger partial charge in [-0.05, 0) is 52.3 Å². The lowest BCUT2D eigenvalue weighted by Gasteiger charge is -2.23. The number of carbonyl (C=O) groups is 1. The maximum absolute atomic E-state index is 13.5. The molecule has 0 amide bonds. The molecule has 0 saturated carbocycles. The highest BCUT2D eigenvalue weighted by Crippen LogP contribution is 2.36. The van der Waals surface area contributed by atoms with Crippen molar-refractivity contribution in [3.63, 3.8) is 0 Å². The normalized spacial score (nSPS) is 29.0. The molecule has 36 heavy (non-hydrogen) atoms. The molecule has 5 atom stereocenters. The lowest BCUT2D eigenvalue weighted by atomic mass is 9.98. The maximum Gasteiger partial charge on any atom is 0.342 e. The Kier molecular flexibility index (Phi) is 9.92. The summed E-state index contributed by atoms with van der Waals surface area (Å²) in [5.74, 6) is -0.726. The number of cyclic esters (lactones) is 1. The van der Waals surface area contributed by atoms with Crippen LogP contribution in [0.5, 0.6) is 11.5 Å². The second-order valence-electron chi connectivity index (χ2n) is 9.51. The maximum atomic E-state index is 13.5. The molecule has 9 heteroatoms. The molecule has 1 fully saturated rings. The summed E-state index contributed by atoms with van der Waals surface area (Å²) in [6, 6.07) is 3.42. The van der Waals surface area contributed by atoms with E-state index in [0.29, 0.717) is 43.1 Å². The lowest BCUT2D eigenvalue weighted by Crippen LogP contribution is -2.34. The summed E-state index contributed by atoms with van der Waals surface area (Å²) in [6.07, 6.45) is 5.96. The third-order valence-electron chi connectivity index (χ3n) is 6.17. The number of methoxy groups -OCH3 is 1. The van der Waals surface area contributed by atoms with E-state index in [1.165, 1.54) is 7.11 Å². The Morgan fingerprint density at radius 3 is 2.61 bits per heavy atom. The molecule has 3 N–H and O–H groups in total. The van der Waals surface area contributed by atoms with Gasteiger partial charge in [-0.1, -0.05) is 31.2 Å². The van der Waals surface area contributed by atoms with Gasteiger partial charge in [-0.15, -0.1) is 0 Å². The van der Waals surface area contributed by atoms with E-state index in [9.17, 15) is 9.90 Å². The fraction of sp³-hybridized carbons (Fsp3) is 0.593. The standard InChI is InChI=1S/C27H39NO8/c1-17-10-11-20(29)25-23(35-27(3,4)36-25)9-6-8-19-21(32-15-7-14-28)12-13-22(33-16-31-5)24(19)26(30)34-18(17)2/h6,8,10-13,17-18,20,23,25,29H,7,9,14-16,28H2,1-5H3/b8-6?,11-10-/t17-,18+,20?,23+,25-/m1/s1. The Morgan fingerprint density at radius 1 is 1.14 bits per heavy atom. The van der Waals surface area contributed by atoms with E-state index in [2.05, 4.69) is 0 Å². The number of nitrogens with two attached hydrogens (primary N) is 1. The number of carbonyl (C=O) groups excluding carboxylic acids is 1. The van der Waals surface area contributed by atoms with Crippen molar-refractivity contribution in [2.45, 2.75) is 70.7 Å². The van der Waals surface area contributed by atoms with Crippen LogP contribution in [0, 0.1) is 5.92 Å². The number of hydrogen-bond donors (Lipinski definition) is 2. The Balaban J connectivity index is 2.08. The lowest BCUT2D eigenvalue weighted by molar-refractivity contribution is -0.152. The molecule has 2 heterocycles. The van der Waals surface area contributed by atoms with E-state index < -0.39 is 36.2 Å². The second kappa shape index (κ2) is 12.7. The monoisotopic (exact) mass is 505 g/mol. The van der Waals surface area contributed by atoms with Crippen LogP contribution in [0.4, 0.5) is 0 Å². The van der Waals surface area contributed by atoms with Crippen LogP contribution >= 0.6 is 0 Å². The van der Waals surface area contributed by atoms with Crippen LogP contribution in [0.1, 0.15) is 56.5 Å². The van der Waals surface area contributed by atoms with Crippen molar-refractivity contribution in [1.29, 1.82) is 0 Å². The third-order valence-corrected chi connectivity index (χ3v) is 6.17. The van der Waals surface area contributed by atoms with Crippen LogP contribution in [0.25, 0.3) is 6.08 Å². The van der Waals surface area contributed by atoms with Crippen molar-refractivity contribution in [1.82, 2.24) is 0 Å². The fourth-order valence-corrected chi connectivity index (χ4v) is 4.14. The molecule has 0 spiro atoms. The minimum Gasteiger partial charge on any atom is -0.493 e. The molecular formula is C27H39NO8. The number of rotatable bonds is 7. The second-order valence-corrected chi connectivity index (χ2v) is 9.51. The van der Waals surface area contributed by atoms with Crippen molar-refractivity contribution in [3.8, 4) is 11.5 Å². The average molecular weight is 506 g/mol. The van der Waals surface area contributed by atoms with Crippen molar-refractivity contribution < 1.29 is 38.3 Å². The number of aliphatic hydroxyl groups is 1. The SMILES string of the molecule is COCOc1ccc(OCCCN)c2c1C(=O)O[C@@H](C)[C@H](C)/C=C\C(O)[C@H]1OC(C)(C)O[C@H]1CC=C2. The largest absolute Gasteiger partial charge is 0.493 e. The minimum atomic E-state index is -0.880. The van der Waals surface area contributed by atoms with Gasteiger partial charge >= 0.3 is 5.97 Å². The number of aliphatic hydroxyl groups excluding tert-OH is 1. The Labute approximate surface area is 213 Å². The molecule has 0 radical (unpaired) electrons. The van der Waals surface area contributed by atoms with Crippen LogP contribution in [0.2, 0.25) is 0 Å². The van der Waals surface area contributed by atoms with Gasteiger partial charge in [0, 0.05) is 18.6 Å². The first kappa shape index (κ1) is 28.1. The molecule has 0 bridgehead atoms. The van der Waals surface area contributed by atoms with Crippen LogP contribution in [-0.2, 0) is 18.9 Å². The third kappa shape index (κ3) is 7.08. The highest BCUT2D eigenvalue weighted by molar-refractivity contribution is 5.98. The van der Waals surface area contributed by atoms with Crippen molar-refractivity contribution in [2.24, 2.45) is 11.7 Å². The smallest absolute Gasteiger partial charge is 0.342 e. The van der Waals surface area contributed by atoms with Crippen LogP contribution in [0.15, 0.2) is 30.4 Å². The summed E-state index contributed by atoms with van der Waals surface area (Å²) in [7, 11) is 1.51. The van der Waals surface area contributed by atoms with Crippen molar-refractivity contribution >= 4 is 12.0 Å². The molecule has 9 nitrogen and oxygen atoms in total. The van der Waals surface area contributed by atoms with Crippen molar-refractivity contribution in [2.75, 3.05) is 27.1 Å². The number of hydrogen-bond acceptors (Lipinski definition) is 9. The van der Waals surface area contributed by atoms with Gasteiger partial charge in [-0.2, -0.15) is 0 Å². The van der Waals surface area contributed by atoms with Gasteiger partial charge in [0.25, 0.3) is 0 Å². The van der Waals surface area contributed by atoms with Gasteiger partial charge in [0.05, 0.1) is 12.7 Å². The van der Waals surface area contributed by atoms with E-state index >= 15 is 0 Å². The van der Waals surface area contributed by atoms with E-state index in [1.807, 2.05) is 32.9 Å². The van der Waals surface area contributed by atoms with E-state index in [1.54, 1.807) is 31.2 Å². The van der Waals surface area contributed by atoms with Crippen LogP contribution in [0.3, 0.4) is 0 Å². The average Bonchev–Trinajstić information content (AvgIpc) is 3.15. The van der Waals surface area contributed by atoms with Gasteiger partial charge in [-0.3, -0.25) is 0 Å². The van der Waals surface area contributed by atoms with Crippen LogP contribution < -0.4 is 15.2 Å². The van der Waals surface area contributed by atoms with E-state index in [4.69, 9.17) is 34.2 Å². The molecule has 200 valence electrons. The van der Waals surface area contributed by atoms with Gasteiger partial charge in [0.2, 0.25) is 0 Å². The summed E-state index contributed by atoms with van der Waals surface area (Å²) in [6.45, 7) is 8.20. The highest BCUT2D eigenvalue weighted by atomic mass is 16.8. The first-order valence-corrected chi connectivity index (χ1v) is 12.4. The van der Waals surface area contributed by atoms with E-state index in [0.717, 1.165) is 0 Å². The molecule has 3 rings (SSSR count). The highest BCUT2D eigenvalue weighted by Gasteiger charge is 2.43. The summed E-state index contributed by atoms with van der Waals surface area (Å²) in [4.78, 5) is 13.5. The Bertz CT molecular complexity index is 944. The molecule has 1 unspecified atom stereocenters. The topological polar surface area (TPSA) is 119 Å². The molecule has 2 aliphatic rings. The molecular weight excluding hydrogens is 466 g/mol. The summed E-state index contributed by atoms with van der Waals surface area (Å²) >= 11 is 0. The molecule has 1 saturated heterocycles. The molecule has 1 aromatic carbocycles. The van der Waals surface area contributed by atoms with Gasteiger partial charge < -0.3 is 39.3 Å². The summed E-state index contributed by atoms with van der Waals surface area (Å²) in [5, 5.41) is 10.8. The summed E-state index contributed by atoms with van der Waals surface area (Å²) in [5.41, 5.74) is 6.40. The van der Waals surface area contributed by atoms with Crippen LogP contribution in [-0.4, -0.2) is 68.3 Å². The van der Waals surface area contributed by atoms with Gasteiger partial charge in [-0.25, -0.2) is 4.79 Å². The Hall–Kier alpha value is -2.43. The summed E-state index contributed by atoms with van der Waals surface area (Å²) < 4.78 is 34.7. The quantitative estimate of drug-likeness (QED) is 0.249. The first-order chi connectivity index (χ1) is 17.2. The zero-order valence-electron chi connectivity index (χ0n) is 21.8. The molecule has 0 aliphatic carbocycles. The van der Waals surface area contributed by atoms with Gasteiger partial charge in [0.15, 0.2) is 12.6 Å². The fourth-order valence-electron chi connectivity index (χ4n) is 4.14. The number of fused-ring (bicyclic) bond motifs is 2. The van der Waals surface area contributed by atoms with Gasteiger partial charge in [0.1, 0.15) is 35.4 Å². The Morgan fingerprint density at radius 2 is 1.89 bits per heavy atom. The molecule has 1 aromatic rings. The number of ether oxygens (including phenoxy) is 6.